The second-order valence-electron chi connectivity index (χ2n) is 3.22. The van der Waals surface area contributed by atoms with Crippen LogP contribution in [0.15, 0.2) is 30.3 Å². The fourth-order valence-electron chi connectivity index (χ4n) is 1.42. The van der Waals surface area contributed by atoms with Crippen LogP contribution in [0.1, 0.15) is 0 Å². The molecule has 0 saturated carbocycles. The van der Waals surface area contributed by atoms with Crippen LogP contribution in [-0.4, -0.2) is 33.2 Å². The van der Waals surface area contributed by atoms with Crippen LogP contribution in [0, 0.1) is 12.4 Å². The first kappa shape index (κ1) is 11.4. The Bertz CT molecular complexity index is 480. The SMILES string of the molecule is OCCN(c1ccccc1)c1n[c]nc(F)n1. The largest absolute Gasteiger partial charge is 0.395 e. The monoisotopic (exact) mass is 233 g/mol. The third-order valence-corrected chi connectivity index (χ3v) is 2.12. The quantitative estimate of drug-likeness (QED) is 0.851. The molecule has 6 heteroatoms. The summed E-state index contributed by atoms with van der Waals surface area (Å²) in [6.45, 7) is 0.170. The second kappa shape index (κ2) is 5.31. The summed E-state index contributed by atoms with van der Waals surface area (Å²) in [4.78, 5) is 12.1. The number of halogens is 1. The van der Waals surface area contributed by atoms with Gasteiger partial charge in [0.1, 0.15) is 0 Å². The predicted molar refractivity (Wildman–Crippen MR) is 59.2 cm³/mol. The lowest BCUT2D eigenvalue weighted by Crippen LogP contribution is -2.23. The number of benzene rings is 1. The molecule has 2 aromatic rings. The number of aromatic nitrogens is 3. The molecule has 17 heavy (non-hydrogen) atoms. The third kappa shape index (κ3) is 2.73. The molecule has 0 spiro atoms. The van der Waals surface area contributed by atoms with Gasteiger partial charge in [0.15, 0.2) is 0 Å². The summed E-state index contributed by atoms with van der Waals surface area (Å²) < 4.78 is 12.9. The van der Waals surface area contributed by atoms with Gasteiger partial charge in [-0.15, -0.1) is 0 Å². The Kier molecular flexibility index (Phi) is 3.56. The van der Waals surface area contributed by atoms with Crippen molar-refractivity contribution in [2.75, 3.05) is 18.1 Å². The molecule has 0 bridgehead atoms. The van der Waals surface area contributed by atoms with Gasteiger partial charge in [-0.3, -0.25) is 0 Å². The Morgan fingerprint density at radius 1 is 1.24 bits per heavy atom. The smallest absolute Gasteiger partial charge is 0.314 e. The van der Waals surface area contributed by atoms with E-state index in [9.17, 15) is 4.39 Å². The average molecular weight is 233 g/mol. The van der Waals surface area contributed by atoms with Gasteiger partial charge in [-0.1, -0.05) is 18.2 Å². The van der Waals surface area contributed by atoms with E-state index < -0.39 is 6.08 Å². The van der Waals surface area contributed by atoms with Crippen molar-refractivity contribution in [2.45, 2.75) is 0 Å². The predicted octanol–water partition coefficient (Wildman–Crippen LogP) is 0.941. The molecule has 1 aromatic heterocycles. The number of rotatable bonds is 4. The minimum absolute atomic E-state index is 0.0950. The Morgan fingerprint density at radius 2 is 2.00 bits per heavy atom. The number of aliphatic hydroxyl groups excluding tert-OH is 1. The van der Waals surface area contributed by atoms with Crippen LogP contribution in [-0.2, 0) is 0 Å². The normalized spacial score (nSPS) is 10.2. The van der Waals surface area contributed by atoms with E-state index >= 15 is 0 Å². The van der Waals surface area contributed by atoms with E-state index in [0.29, 0.717) is 0 Å². The van der Waals surface area contributed by atoms with Gasteiger partial charge in [-0.2, -0.15) is 19.3 Å². The molecule has 2 rings (SSSR count). The number of para-hydroxylation sites is 1. The molecule has 0 fully saturated rings. The van der Waals surface area contributed by atoms with Gasteiger partial charge in [-0.25, -0.2) is 0 Å². The van der Waals surface area contributed by atoms with Crippen LogP contribution in [0.5, 0.6) is 0 Å². The molecular formula is C11H10FN4O. The summed E-state index contributed by atoms with van der Waals surface area (Å²) in [6, 6.07) is 9.16. The lowest BCUT2D eigenvalue weighted by Gasteiger charge is -2.20. The number of hydrogen-bond donors (Lipinski definition) is 1. The Morgan fingerprint density at radius 3 is 2.65 bits per heavy atom. The lowest BCUT2D eigenvalue weighted by atomic mass is 10.3. The third-order valence-electron chi connectivity index (χ3n) is 2.12. The van der Waals surface area contributed by atoms with Gasteiger partial charge in [0.2, 0.25) is 12.3 Å². The van der Waals surface area contributed by atoms with Crippen LogP contribution in [0.2, 0.25) is 0 Å². The van der Waals surface area contributed by atoms with E-state index in [1.54, 1.807) is 4.90 Å². The van der Waals surface area contributed by atoms with Crippen molar-refractivity contribution in [3.05, 3.63) is 42.7 Å². The first-order valence-electron chi connectivity index (χ1n) is 5.02. The van der Waals surface area contributed by atoms with E-state index in [1.807, 2.05) is 30.3 Å². The van der Waals surface area contributed by atoms with Gasteiger partial charge < -0.3 is 10.0 Å². The first-order valence-corrected chi connectivity index (χ1v) is 5.02. The summed E-state index contributed by atoms with van der Waals surface area (Å²) in [5.74, 6) is 0.123. The fourth-order valence-corrected chi connectivity index (χ4v) is 1.42. The molecule has 0 saturated heterocycles. The molecule has 0 amide bonds. The highest BCUT2D eigenvalue weighted by molar-refractivity contribution is 5.56. The maximum Gasteiger partial charge on any atom is 0.314 e. The van der Waals surface area contributed by atoms with Crippen molar-refractivity contribution < 1.29 is 9.50 Å². The maximum atomic E-state index is 12.9. The number of hydrogen-bond acceptors (Lipinski definition) is 5. The molecule has 0 atom stereocenters. The van der Waals surface area contributed by atoms with Gasteiger partial charge in [0, 0.05) is 12.2 Å². The van der Waals surface area contributed by atoms with Crippen molar-refractivity contribution in [1.29, 1.82) is 0 Å². The van der Waals surface area contributed by atoms with Crippen molar-refractivity contribution in [1.82, 2.24) is 15.0 Å². The minimum Gasteiger partial charge on any atom is -0.395 e. The molecule has 1 N–H and O–H groups in total. The molecule has 87 valence electrons. The number of anilines is 2. The highest BCUT2D eigenvalue weighted by Gasteiger charge is 2.12. The Labute approximate surface area is 97.6 Å². The fraction of sp³-hybridized carbons (Fsp3) is 0.182. The molecule has 0 aliphatic carbocycles. The summed E-state index contributed by atoms with van der Waals surface area (Å²) in [5, 5.41) is 9.01. The van der Waals surface area contributed by atoms with Crippen molar-refractivity contribution in [2.24, 2.45) is 0 Å². The van der Waals surface area contributed by atoms with Gasteiger partial charge >= 0.3 is 6.08 Å². The first-order chi connectivity index (χ1) is 8.31. The van der Waals surface area contributed by atoms with E-state index in [4.69, 9.17) is 5.11 Å². The van der Waals surface area contributed by atoms with Crippen LogP contribution in [0.4, 0.5) is 16.0 Å². The van der Waals surface area contributed by atoms with Crippen LogP contribution < -0.4 is 4.90 Å². The molecule has 1 radical (unpaired) electrons. The maximum absolute atomic E-state index is 12.9. The lowest BCUT2D eigenvalue weighted by molar-refractivity contribution is 0.305. The van der Waals surface area contributed by atoms with E-state index in [0.717, 1.165) is 5.69 Å². The minimum atomic E-state index is -0.895. The summed E-state index contributed by atoms with van der Waals surface area (Å²) in [6.07, 6.45) is 1.28. The van der Waals surface area contributed by atoms with Crippen LogP contribution >= 0.6 is 0 Å². The Hall–Kier alpha value is -2.08. The standard InChI is InChI=1S/C11H10FN4O/c12-10-13-8-14-11(15-10)16(6-7-17)9-4-2-1-3-5-9/h1-5,17H,6-7H2. The zero-order valence-electron chi connectivity index (χ0n) is 8.91. The number of aliphatic hydroxyl groups is 1. The zero-order valence-corrected chi connectivity index (χ0v) is 8.91. The number of nitrogens with zero attached hydrogens (tertiary/aromatic N) is 4. The highest BCUT2D eigenvalue weighted by atomic mass is 19.1. The Balaban J connectivity index is 2.35. The van der Waals surface area contributed by atoms with E-state index in [2.05, 4.69) is 21.3 Å². The van der Waals surface area contributed by atoms with Gasteiger partial charge in [0.05, 0.1) is 6.61 Å². The zero-order chi connectivity index (χ0) is 12.1. The second-order valence-corrected chi connectivity index (χ2v) is 3.22. The highest BCUT2D eigenvalue weighted by Crippen LogP contribution is 2.20. The molecule has 1 heterocycles. The van der Waals surface area contributed by atoms with Gasteiger partial charge in [-0.05, 0) is 12.1 Å². The summed E-state index contributed by atoms with van der Waals surface area (Å²) >= 11 is 0. The van der Waals surface area contributed by atoms with Crippen molar-refractivity contribution >= 4 is 11.6 Å². The molecule has 1 aromatic carbocycles. The summed E-state index contributed by atoms with van der Waals surface area (Å²) in [7, 11) is 0. The molecule has 0 aliphatic rings. The van der Waals surface area contributed by atoms with E-state index in [-0.39, 0.29) is 19.1 Å². The topological polar surface area (TPSA) is 62.1 Å². The average Bonchev–Trinajstić information content (AvgIpc) is 2.37. The molecule has 5 nitrogen and oxygen atoms in total. The van der Waals surface area contributed by atoms with Crippen molar-refractivity contribution in [3.8, 4) is 0 Å². The van der Waals surface area contributed by atoms with Crippen LogP contribution in [0.3, 0.4) is 0 Å². The van der Waals surface area contributed by atoms with E-state index in [1.165, 1.54) is 0 Å². The molecular weight excluding hydrogens is 223 g/mol. The van der Waals surface area contributed by atoms with Gasteiger partial charge in [0.25, 0.3) is 0 Å². The molecule has 0 unspecified atom stereocenters. The molecule has 0 aliphatic heterocycles. The van der Waals surface area contributed by atoms with Crippen LogP contribution in [0.25, 0.3) is 0 Å². The summed E-state index contributed by atoms with van der Waals surface area (Å²) in [5.41, 5.74) is 0.764. The van der Waals surface area contributed by atoms with Crippen molar-refractivity contribution in [3.63, 3.8) is 0 Å².